The van der Waals surface area contributed by atoms with E-state index in [-0.39, 0.29) is 16.8 Å². The maximum atomic E-state index is 12.9. The molecule has 0 spiro atoms. The van der Waals surface area contributed by atoms with Gasteiger partial charge in [-0.05, 0) is 69.2 Å². The monoisotopic (exact) mass is 438 g/mol. The van der Waals surface area contributed by atoms with Crippen LogP contribution in [0.5, 0.6) is 0 Å². The molecule has 0 aliphatic carbocycles. The van der Waals surface area contributed by atoms with Crippen LogP contribution in [0.3, 0.4) is 0 Å². The Bertz CT molecular complexity index is 1160. The highest BCUT2D eigenvalue weighted by atomic mass is 32.2. The second-order valence-corrected chi connectivity index (χ2v) is 9.60. The van der Waals surface area contributed by atoms with Crippen LogP contribution in [-0.4, -0.2) is 48.1 Å². The molecule has 0 saturated carbocycles. The van der Waals surface area contributed by atoms with Crippen molar-refractivity contribution in [3.63, 3.8) is 0 Å². The van der Waals surface area contributed by atoms with E-state index >= 15 is 0 Å². The number of aryl methyl sites for hydroxylation is 2. The topological polar surface area (TPSA) is 84.3 Å². The van der Waals surface area contributed by atoms with Gasteiger partial charge in [-0.3, -0.25) is 4.79 Å². The highest BCUT2D eigenvalue weighted by molar-refractivity contribution is 7.89. The molecule has 2 heterocycles. The van der Waals surface area contributed by atoms with Crippen LogP contribution in [0.15, 0.2) is 65.6 Å². The third-order valence-corrected chi connectivity index (χ3v) is 7.06. The number of hydrogen-bond acceptors (Lipinski definition) is 4. The number of sulfonamides is 1. The minimum absolute atomic E-state index is 0.0377. The van der Waals surface area contributed by atoms with Gasteiger partial charge < -0.3 is 4.90 Å². The largest absolute Gasteiger partial charge is 0.339 e. The van der Waals surface area contributed by atoms with Gasteiger partial charge in [0.05, 0.1) is 16.3 Å². The van der Waals surface area contributed by atoms with Gasteiger partial charge in [0, 0.05) is 30.4 Å². The lowest BCUT2D eigenvalue weighted by Crippen LogP contribution is -2.46. The summed E-state index contributed by atoms with van der Waals surface area (Å²) in [4.78, 5) is 14.9. The number of benzene rings is 2. The molecular formula is C23H26N4O3S. The number of hydrogen-bond donors (Lipinski definition) is 1. The van der Waals surface area contributed by atoms with Gasteiger partial charge >= 0.3 is 0 Å². The van der Waals surface area contributed by atoms with E-state index in [2.05, 4.69) is 9.82 Å². The molecule has 1 amide bonds. The number of amides is 1. The van der Waals surface area contributed by atoms with Crippen LogP contribution in [0, 0.1) is 13.8 Å². The molecule has 1 fully saturated rings. The molecule has 0 unspecified atom stereocenters. The fourth-order valence-electron chi connectivity index (χ4n) is 3.91. The number of nitrogens with zero attached hydrogens (tertiary/aromatic N) is 3. The summed E-state index contributed by atoms with van der Waals surface area (Å²) in [6.45, 7) is 4.97. The van der Waals surface area contributed by atoms with E-state index in [1.165, 1.54) is 0 Å². The van der Waals surface area contributed by atoms with Crippen LogP contribution in [-0.2, 0) is 10.0 Å². The Hall–Kier alpha value is -2.97. The zero-order chi connectivity index (χ0) is 22.0. The van der Waals surface area contributed by atoms with Gasteiger partial charge in [0.2, 0.25) is 10.0 Å². The summed E-state index contributed by atoms with van der Waals surface area (Å²) >= 11 is 0. The highest BCUT2D eigenvalue weighted by Gasteiger charge is 2.27. The van der Waals surface area contributed by atoms with Crippen molar-refractivity contribution in [2.45, 2.75) is 37.6 Å². The molecule has 2 aromatic carbocycles. The molecule has 1 aliphatic heterocycles. The number of piperidine rings is 1. The van der Waals surface area contributed by atoms with Crippen LogP contribution >= 0.6 is 0 Å². The van der Waals surface area contributed by atoms with Crippen molar-refractivity contribution < 1.29 is 13.2 Å². The number of nitrogens with one attached hydrogen (secondary N) is 1. The van der Waals surface area contributed by atoms with E-state index in [9.17, 15) is 13.2 Å². The minimum Gasteiger partial charge on any atom is -0.339 e. The fraction of sp³-hybridized carbons (Fsp3) is 0.304. The maximum Gasteiger partial charge on any atom is 0.253 e. The summed E-state index contributed by atoms with van der Waals surface area (Å²) in [5.74, 6) is -0.0377. The quantitative estimate of drug-likeness (QED) is 0.664. The summed E-state index contributed by atoms with van der Waals surface area (Å²) in [5, 5.41) is 4.47. The average Bonchev–Trinajstić information content (AvgIpc) is 3.12. The smallest absolute Gasteiger partial charge is 0.253 e. The van der Waals surface area contributed by atoms with Gasteiger partial charge in [-0.25, -0.2) is 17.8 Å². The first-order valence-corrected chi connectivity index (χ1v) is 11.8. The summed E-state index contributed by atoms with van der Waals surface area (Å²) in [6.07, 6.45) is 1.17. The van der Waals surface area contributed by atoms with Crippen molar-refractivity contribution in [2.24, 2.45) is 0 Å². The second kappa shape index (κ2) is 8.64. The standard InChI is InChI=1S/C23H26N4O3S/c1-17-16-18(2)27(24-17)21-10-8-19(9-11-21)23(28)26-14-12-20(13-15-26)25-31(29,30)22-6-4-3-5-7-22/h3-11,16,20,25H,12-15H2,1-2H3. The molecular weight excluding hydrogens is 412 g/mol. The van der Waals surface area contributed by atoms with E-state index in [4.69, 9.17) is 0 Å². The molecule has 1 aromatic heterocycles. The lowest BCUT2D eigenvalue weighted by atomic mass is 10.0. The fourth-order valence-corrected chi connectivity index (χ4v) is 5.23. The lowest BCUT2D eigenvalue weighted by Gasteiger charge is -2.32. The van der Waals surface area contributed by atoms with Gasteiger partial charge in [0.15, 0.2) is 0 Å². The van der Waals surface area contributed by atoms with Crippen molar-refractivity contribution >= 4 is 15.9 Å². The molecule has 7 nitrogen and oxygen atoms in total. The van der Waals surface area contributed by atoms with E-state index in [1.54, 1.807) is 35.2 Å². The van der Waals surface area contributed by atoms with Gasteiger partial charge in [-0.1, -0.05) is 18.2 Å². The Morgan fingerprint density at radius 1 is 1.00 bits per heavy atom. The van der Waals surface area contributed by atoms with Crippen molar-refractivity contribution in [2.75, 3.05) is 13.1 Å². The van der Waals surface area contributed by atoms with Crippen LogP contribution in [0.4, 0.5) is 0 Å². The van der Waals surface area contributed by atoms with Crippen molar-refractivity contribution in [1.82, 2.24) is 19.4 Å². The predicted molar refractivity (Wildman–Crippen MR) is 119 cm³/mol. The van der Waals surface area contributed by atoms with Crippen molar-refractivity contribution in [1.29, 1.82) is 0 Å². The zero-order valence-corrected chi connectivity index (χ0v) is 18.5. The number of likely N-dealkylation sites (tertiary alicyclic amines) is 1. The van der Waals surface area contributed by atoms with Crippen LogP contribution in [0.2, 0.25) is 0 Å². The first-order chi connectivity index (χ1) is 14.8. The summed E-state index contributed by atoms with van der Waals surface area (Å²) < 4.78 is 29.6. The Morgan fingerprint density at radius 3 is 2.23 bits per heavy atom. The Morgan fingerprint density at radius 2 is 1.65 bits per heavy atom. The Balaban J connectivity index is 1.36. The molecule has 162 valence electrons. The summed E-state index contributed by atoms with van der Waals surface area (Å²) in [5.41, 5.74) is 3.52. The predicted octanol–water partition coefficient (Wildman–Crippen LogP) is 3.07. The van der Waals surface area contributed by atoms with Gasteiger partial charge in [0.1, 0.15) is 0 Å². The van der Waals surface area contributed by atoms with Crippen LogP contribution in [0.25, 0.3) is 5.69 Å². The normalized spacial score (nSPS) is 15.2. The molecule has 8 heteroatoms. The molecule has 0 bridgehead atoms. The SMILES string of the molecule is Cc1cc(C)n(-c2ccc(C(=O)N3CCC(NS(=O)(=O)c4ccccc4)CC3)cc2)n1. The minimum atomic E-state index is -3.54. The molecule has 0 radical (unpaired) electrons. The number of rotatable bonds is 5. The highest BCUT2D eigenvalue weighted by Crippen LogP contribution is 2.18. The first kappa shape index (κ1) is 21.3. The molecule has 0 atom stereocenters. The van der Waals surface area contributed by atoms with E-state index in [0.717, 1.165) is 17.1 Å². The van der Waals surface area contributed by atoms with E-state index in [0.29, 0.717) is 31.5 Å². The van der Waals surface area contributed by atoms with Crippen LogP contribution in [0.1, 0.15) is 34.6 Å². The molecule has 3 aromatic rings. The van der Waals surface area contributed by atoms with Crippen LogP contribution < -0.4 is 4.72 Å². The summed E-state index contributed by atoms with van der Waals surface area (Å²) in [7, 11) is -3.54. The van der Waals surface area contributed by atoms with Crippen molar-refractivity contribution in [3.8, 4) is 5.69 Å². The number of carbonyl (C=O) groups excluding carboxylic acids is 1. The van der Waals surface area contributed by atoms with E-state index in [1.807, 2.05) is 48.9 Å². The van der Waals surface area contributed by atoms with E-state index < -0.39 is 10.0 Å². The Kier molecular flexibility index (Phi) is 5.93. The van der Waals surface area contributed by atoms with Crippen molar-refractivity contribution in [3.05, 3.63) is 77.6 Å². The third-order valence-electron chi connectivity index (χ3n) is 5.53. The lowest BCUT2D eigenvalue weighted by molar-refractivity contribution is 0.0711. The average molecular weight is 439 g/mol. The van der Waals surface area contributed by atoms with Gasteiger partial charge in [-0.15, -0.1) is 0 Å². The molecule has 1 N–H and O–H groups in total. The molecule has 4 rings (SSSR count). The Labute approximate surface area is 182 Å². The molecule has 1 saturated heterocycles. The second-order valence-electron chi connectivity index (χ2n) is 7.89. The molecule has 31 heavy (non-hydrogen) atoms. The zero-order valence-electron chi connectivity index (χ0n) is 17.7. The summed E-state index contributed by atoms with van der Waals surface area (Å²) in [6, 6.07) is 17.6. The number of carbonyl (C=O) groups is 1. The number of aromatic nitrogens is 2. The first-order valence-electron chi connectivity index (χ1n) is 10.3. The van der Waals surface area contributed by atoms with Gasteiger partial charge in [-0.2, -0.15) is 5.10 Å². The molecule has 1 aliphatic rings. The maximum absolute atomic E-state index is 12.9. The van der Waals surface area contributed by atoms with Gasteiger partial charge in [0.25, 0.3) is 5.91 Å². The third kappa shape index (κ3) is 4.70.